The topological polar surface area (TPSA) is 87.7 Å². The molecule has 1 aromatic rings. The number of aliphatic carboxylic acids is 1. The van der Waals surface area contributed by atoms with Gasteiger partial charge >= 0.3 is 12.0 Å². The molecular formula is C14H20N2O4. The molecule has 0 aliphatic carbocycles. The van der Waals surface area contributed by atoms with Crippen LogP contribution in [0.2, 0.25) is 0 Å². The Hall–Kier alpha value is -2.24. The van der Waals surface area contributed by atoms with Crippen molar-refractivity contribution in [3.05, 3.63) is 29.8 Å². The van der Waals surface area contributed by atoms with E-state index >= 15 is 0 Å². The summed E-state index contributed by atoms with van der Waals surface area (Å²) in [5.41, 5.74) is 0.826. The largest absolute Gasteiger partial charge is 0.496 e. The van der Waals surface area contributed by atoms with Crippen LogP contribution in [0.1, 0.15) is 25.3 Å². The summed E-state index contributed by atoms with van der Waals surface area (Å²) >= 11 is 0. The average Bonchev–Trinajstić information content (AvgIpc) is 2.44. The number of rotatable bonds is 7. The molecular weight excluding hydrogens is 260 g/mol. The van der Waals surface area contributed by atoms with Gasteiger partial charge in [-0.05, 0) is 12.5 Å². The first kappa shape index (κ1) is 15.8. The van der Waals surface area contributed by atoms with E-state index in [4.69, 9.17) is 9.84 Å². The SMILES string of the molecule is CCC[C@@H](NC(=O)NCc1ccccc1OC)C(=O)O. The highest BCUT2D eigenvalue weighted by Crippen LogP contribution is 2.16. The number of carbonyl (C=O) groups is 2. The number of urea groups is 1. The zero-order chi connectivity index (χ0) is 15.0. The maximum atomic E-state index is 11.7. The molecule has 0 aliphatic heterocycles. The molecule has 2 amide bonds. The van der Waals surface area contributed by atoms with E-state index in [1.807, 2.05) is 25.1 Å². The number of hydrogen-bond acceptors (Lipinski definition) is 3. The van der Waals surface area contributed by atoms with Crippen molar-refractivity contribution in [3.63, 3.8) is 0 Å². The van der Waals surface area contributed by atoms with Crippen molar-refractivity contribution >= 4 is 12.0 Å². The van der Waals surface area contributed by atoms with E-state index in [1.165, 1.54) is 0 Å². The van der Waals surface area contributed by atoms with Gasteiger partial charge in [-0.1, -0.05) is 31.5 Å². The number of amides is 2. The number of carbonyl (C=O) groups excluding carboxylic acids is 1. The summed E-state index contributed by atoms with van der Waals surface area (Å²) < 4.78 is 5.17. The molecule has 20 heavy (non-hydrogen) atoms. The second-order valence-electron chi connectivity index (χ2n) is 4.32. The maximum Gasteiger partial charge on any atom is 0.326 e. The van der Waals surface area contributed by atoms with Gasteiger partial charge in [-0.2, -0.15) is 0 Å². The number of hydrogen-bond donors (Lipinski definition) is 3. The molecule has 6 nitrogen and oxygen atoms in total. The molecule has 0 spiro atoms. The fourth-order valence-electron chi connectivity index (χ4n) is 1.78. The highest BCUT2D eigenvalue weighted by Gasteiger charge is 2.18. The third-order valence-corrected chi connectivity index (χ3v) is 2.81. The van der Waals surface area contributed by atoms with Crippen molar-refractivity contribution in [1.82, 2.24) is 10.6 Å². The Bertz CT molecular complexity index is 462. The lowest BCUT2D eigenvalue weighted by atomic mass is 10.2. The van der Waals surface area contributed by atoms with Crippen LogP contribution in [0.4, 0.5) is 4.79 Å². The van der Waals surface area contributed by atoms with Crippen molar-refractivity contribution in [2.75, 3.05) is 7.11 Å². The van der Waals surface area contributed by atoms with Crippen LogP contribution in [0.25, 0.3) is 0 Å². The Balaban J connectivity index is 2.52. The first-order chi connectivity index (χ1) is 9.58. The van der Waals surface area contributed by atoms with E-state index in [1.54, 1.807) is 13.2 Å². The van der Waals surface area contributed by atoms with Crippen LogP contribution in [0.3, 0.4) is 0 Å². The van der Waals surface area contributed by atoms with Gasteiger partial charge < -0.3 is 20.5 Å². The van der Waals surface area contributed by atoms with Gasteiger partial charge in [0.25, 0.3) is 0 Å². The molecule has 0 aliphatic rings. The number of benzene rings is 1. The van der Waals surface area contributed by atoms with Gasteiger partial charge in [0.2, 0.25) is 0 Å². The summed E-state index contributed by atoms with van der Waals surface area (Å²) in [5, 5.41) is 14.0. The smallest absolute Gasteiger partial charge is 0.326 e. The first-order valence-corrected chi connectivity index (χ1v) is 6.47. The molecule has 6 heteroatoms. The lowest BCUT2D eigenvalue weighted by Crippen LogP contribution is -2.45. The zero-order valence-electron chi connectivity index (χ0n) is 11.7. The van der Waals surface area contributed by atoms with Gasteiger partial charge in [0.15, 0.2) is 0 Å². The minimum absolute atomic E-state index is 0.272. The minimum atomic E-state index is -1.03. The highest BCUT2D eigenvalue weighted by atomic mass is 16.5. The van der Waals surface area contributed by atoms with Gasteiger partial charge in [-0.3, -0.25) is 0 Å². The van der Waals surface area contributed by atoms with E-state index in [2.05, 4.69) is 10.6 Å². The van der Waals surface area contributed by atoms with Gasteiger partial charge in [-0.25, -0.2) is 9.59 Å². The monoisotopic (exact) mass is 280 g/mol. The van der Waals surface area contributed by atoms with Crippen molar-refractivity contribution in [1.29, 1.82) is 0 Å². The summed E-state index contributed by atoms with van der Waals surface area (Å²) in [5.74, 6) is -0.351. The van der Waals surface area contributed by atoms with Gasteiger partial charge in [0, 0.05) is 12.1 Å². The third-order valence-electron chi connectivity index (χ3n) is 2.81. The molecule has 0 saturated heterocycles. The van der Waals surface area contributed by atoms with Gasteiger partial charge in [0.05, 0.1) is 7.11 Å². The Kier molecular flexibility index (Phi) is 6.36. The summed E-state index contributed by atoms with van der Waals surface area (Å²) in [6.07, 6.45) is 1.08. The summed E-state index contributed by atoms with van der Waals surface area (Å²) in [6.45, 7) is 2.14. The van der Waals surface area contributed by atoms with Crippen molar-refractivity contribution < 1.29 is 19.4 Å². The zero-order valence-corrected chi connectivity index (χ0v) is 11.7. The lowest BCUT2D eigenvalue weighted by Gasteiger charge is -2.15. The molecule has 0 aromatic heterocycles. The quantitative estimate of drug-likeness (QED) is 0.710. The number of para-hydroxylation sites is 1. The lowest BCUT2D eigenvalue weighted by molar-refractivity contribution is -0.139. The molecule has 0 radical (unpaired) electrons. The maximum absolute atomic E-state index is 11.7. The van der Waals surface area contributed by atoms with Crippen LogP contribution in [0.15, 0.2) is 24.3 Å². The van der Waals surface area contributed by atoms with E-state index < -0.39 is 18.0 Å². The molecule has 110 valence electrons. The van der Waals surface area contributed by atoms with E-state index in [0.29, 0.717) is 18.6 Å². The second-order valence-corrected chi connectivity index (χ2v) is 4.32. The van der Waals surface area contributed by atoms with Gasteiger partial charge in [-0.15, -0.1) is 0 Å². The molecule has 0 heterocycles. The van der Waals surface area contributed by atoms with Crippen LogP contribution in [-0.4, -0.2) is 30.3 Å². The molecule has 0 bridgehead atoms. The Labute approximate surface area is 118 Å². The fraction of sp³-hybridized carbons (Fsp3) is 0.429. The second kappa shape index (κ2) is 8.04. The fourth-order valence-corrected chi connectivity index (χ4v) is 1.78. The minimum Gasteiger partial charge on any atom is -0.496 e. The number of nitrogens with one attached hydrogen (secondary N) is 2. The molecule has 3 N–H and O–H groups in total. The number of methoxy groups -OCH3 is 1. The molecule has 1 atom stereocenters. The Morgan fingerprint density at radius 3 is 2.65 bits per heavy atom. The van der Waals surface area contributed by atoms with Crippen molar-refractivity contribution in [2.45, 2.75) is 32.4 Å². The highest BCUT2D eigenvalue weighted by molar-refractivity contribution is 5.82. The third kappa shape index (κ3) is 4.79. The normalized spacial score (nSPS) is 11.5. The van der Waals surface area contributed by atoms with Crippen LogP contribution >= 0.6 is 0 Å². The average molecular weight is 280 g/mol. The van der Waals surface area contributed by atoms with E-state index in [0.717, 1.165) is 5.56 Å². The Morgan fingerprint density at radius 2 is 2.05 bits per heavy atom. The predicted octanol–water partition coefficient (Wildman–Crippen LogP) is 1.75. The molecule has 0 fully saturated rings. The molecule has 0 unspecified atom stereocenters. The van der Waals surface area contributed by atoms with Crippen LogP contribution in [0, 0.1) is 0 Å². The van der Waals surface area contributed by atoms with Crippen LogP contribution in [-0.2, 0) is 11.3 Å². The Morgan fingerprint density at radius 1 is 1.35 bits per heavy atom. The first-order valence-electron chi connectivity index (χ1n) is 6.47. The summed E-state index contributed by atoms with van der Waals surface area (Å²) in [4.78, 5) is 22.6. The summed E-state index contributed by atoms with van der Waals surface area (Å²) in [7, 11) is 1.56. The van der Waals surface area contributed by atoms with E-state index in [-0.39, 0.29) is 6.54 Å². The number of carboxylic acids is 1. The summed E-state index contributed by atoms with van der Waals surface area (Å²) in [6, 6.07) is 5.94. The van der Waals surface area contributed by atoms with Crippen LogP contribution in [0.5, 0.6) is 5.75 Å². The van der Waals surface area contributed by atoms with E-state index in [9.17, 15) is 9.59 Å². The van der Waals surface area contributed by atoms with Crippen molar-refractivity contribution in [3.8, 4) is 5.75 Å². The number of ether oxygens (including phenoxy) is 1. The molecule has 0 saturated carbocycles. The number of carboxylic acid groups (broad SMARTS) is 1. The van der Waals surface area contributed by atoms with Gasteiger partial charge in [0.1, 0.15) is 11.8 Å². The standard InChI is InChI=1S/C14H20N2O4/c1-3-6-11(13(17)18)16-14(19)15-9-10-7-4-5-8-12(10)20-2/h4-5,7-8,11H,3,6,9H2,1-2H3,(H,17,18)(H2,15,16,19)/t11-/m1/s1. The van der Waals surface area contributed by atoms with Crippen LogP contribution < -0.4 is 15.4 Å². The predicted molar refractivity (Wildman–Crippen MR) is 74.7 cm³/mol. The van der Waals surface area contributed by atoms with Crippen molar-refractivity contribution in [2.24, 2.45) is 0 Å². The molecule has 1 aromatic carbocycles. The molecule has 1 rings (SSSR count).